The minimum atomic E-state index is -0.0777. The molecule has 1 amide bonds. The Morgan fingerprint density at radius 3 is 2.26 bits per heavy atom. The van der Waals surface area contributed by atoms with E-state index in [0.29, 0.717) is 18.1 Å². The number of benzene rings is 2. The largest absolute Gasteiger partial charge is 0.496 e. The lowest BCUT2D eigenvalue weighted by molar-refractivity contribution is -0.115. The molecule has 174 valence electrons. The first-order valence-electron chi connectivity index (χ1n) is 11.0. The summed E-state index contributed by atoms with van der Waals surface area (Å²) in [6, 6.07) is 16.9. The number of anilines is 3. The number of nitrogens with zero attached hydrogens (tertiary/aromatic N) is 4. The fourth-order valence-corrected chi connectivity index (χ4v) is 3.67. The van der Waals surface area contributed by atoms with E-state index in [1.165, 1.54) is 0 Å². The van der Waals surface area contributed by atoms with E-state index in [1.807, 2.05) is 82.3 Å². The highest BCUT2D eigenvalue weighted by Crippen LogP contribution is 2.21. The number of amides is 1. The van der Waals surface area contributed by atoms with Crippen LogP contribution in [0.4, 0.5) is 17.2 Å². The van der Waals surface area contributed by atoms with E-state index in [0.717, 1.165) is 45.2 Å². The molecular weight excluding hydrogens is 428 g/mol. The van der Waals surface area contributed by atoms with Crippen LogP contribution in [0, 0.1) is 27.7 Å². The lowest BCUT2D eigenvalue weighted by Crippen LogP contribution is -2.14. The Labute approximate surface area is 199 Å². The Kier molecular flexibility index (Phi) is 6.58. The third-order valence-electron chi connectivity index (χ3n) is 5.79. The van der Waals surface area contributed by atoms with Gasteiger partial charge in [-0.3, -0.25) is 4.79 Å². The van der Waals surface area contributed by atoms with Crippen molar-refractivity contribution in [1.82, 2.24) is 20.0 Å². The third kappa shape index (κ3) is 5.06. The van der Waals surface area contributed by atoms with Crippen molar-refractivity contribution in [2.24, 2.45) is 0 Å². The maximum atomic E-state index is 12.4. The zero-order valence-corrected chi connectivity index (χ0v) is 20.0. The smallest absolute Gasteiger partial charge is 0.228 e. The summed E-state index contributed by atoms with van der Waals surface area (Å²) in [5.74, 6) is 2.03. The van der Waals surface area contributed by atoms with Gasteiger partial charge in [-0.1, -0.05) is 12.1 Å². The molecule has 4 aromatic rings. The number of hydrogen-bond acceptors (Lipinski definition) is 6. The Bertz CT molecular complexity index is 1310. The second kappa shape index (κ2) is 9.74. The van der Waals surface area contributed by atoms with Gasteiger partial charge in [0.25, 0.3) is 0 Å². The lowest BCUT2D eigenvalue weighted by Gasteiger charge is -2.10. The van der Waals surface area contributed by atoms with E-state index in [4.69, 9.17) is 4.74 Å². The first-order chi connectivity index (χ1) is 16.3. The van der Waals surface area contributed by atoms with Crippen LogP contribution in [-0.2, 0) is 11.2 Å². The van der Waals surface area contributed by atoms with Crippen LogP contribution in [0.3, 0.4) is 0 Å². The van der Waals surface area contributed by atoms with Crippen LogP contribution in [0.1, 0.15) is 28.1 Å². The van der Waals surface area contributed by atoms with Crippen molar-refractivity contribution in [2.45, 2.75) is 34.1 Å². The van der Waals surface area contributed by atoms with Gasteiger partial charge < -0.3 is 15.4 Å². The number of methoxy groups -OCH3 is 1. The van der Waals surface area contributed by atoms with Gasteiger partial charge in [-0.15, -0.1) is 10.2 Å². The van der Waals surface area contributed by atoms with E-state index in [1.54, 1.807) is 11.8 Å². The first-order valence-corrected chi connectivity index (χ1v) is 11.0. The quantitative estimate of drug-likeness (QED) is 0.414. The molecule has 2 N–H and O–H groups in total. The highest BCUT2D eigenvalue weighted by Gasteiger charge is 2.11. The average Bonchev–Trinajstić information content (AvgIpc) is 3.08. The summed E-state index contributed by atoms with van der Waals surface area (Å²) in [5.41, 5.74) is 6.68. The molecule has 0 aliphatic carbocycles. The molecule has 4 rings (SSSR count). The molecule has 2 aromatic heterocycles. The summed E-state index contributed by atoms with van der Waals surface area (Å²) in [7, 11) is 1.64. The number of nitrogens with one attached hydrogen (secondary N) is 2. The van der Waals surface area contributed by atoms with E-state index in [9.17, 15) is 4.79 Å². The van der Waals surface area contributed by atoms with Gasteiger partial charge in [0, 0.05) is 17.1 Å². The predicted molar refractivity (Wildman–Crippen MR) is 133 cm³/mol. The highest BCUT2D eigenvalue weighted by molar-refractivity contribution is 5.92. The number of ether oxygens (including phenoxy) is 1. The normalized spacial score (nSPS) is 10.7. The molecule has 2 aromatic carbocycles. The van der Waals surface area contributed by atoms with Crippen LogP contribution < -0.4 is 15.4 Å². The summed E-state index contributed by atoms with van der Waals surface area (Å²) in [4.78, 5) is 12.4. The standard InChI is InChI=1S/C26H28N6O2/c1-16-14-20(6-11-23(16)34-5)15-26(33)28-22-9-7-21(8-10-22)27-24-12-13-25(30-29-24)32-19(4)17(2)18(3)31-32/h6-14H,15H2,1-5H3,(H,27,29)(H,28,33). The molecule has 0 bridgehead atoms. The number of carbonyl (C=O) groups excluding carboxylic acids is 1. The van der Waals surface area contributed by atoms with Gasteiger partial charge in [0.1, 0.15) is 5.75 Å². The van der Waals surface area contributed by atoms with Gasteiger partial charge in [-0.05, 0) is 86.8 Å². The number of carbonyl (C=O) groups is 1. The molecule has 8 nitrogen and oxygen atoms in total. The van der Waals surface area contributed by atoms with Gasteiger partial charge in [0.15, 0.2) is 11.6 Å². The summed E-state index contributed by atoms with van der Waals surface area (Å²) in [5, 5.41) is 19.2. The molecule has 0 aliphatic rings. The van der Waals surface area contributed by atoms with E-state index in [2.05, 4.69) is 25.9 Å². The molecule has 0 saturated carbocycles. The summed E-state index contributed by atoms with van der Waals surface area (Å²) in [6.45, 7) is 8.00. The zero-order valence-electron chi connectivity index (χ0n) is 20.0. The molecule has 0 aliphatic heterocycles. The fourth-order valence-electron chi connectivity index (χ4n) is 3.67. The summed E-state index contributed by atoms with van der Waals surface area (Å²) >= 11 is 0. The van der Waals surface area contributed by atoms with Crippen molar-refractivity contribution in [1.29, 1.82) is 0 Å². The fraction of sp³-hybridized carbons (Fsp3) is 0.231. The number of aromatic nitrogens is 4. The van der Waals surface area contributed by atoms with E-state index in [-0.39, 0.29) is 5.91 Å². The van der Waals surface area contributed by atoms with E-state index >= 15 is 0 Å². The predicted octanol–water partition coefficient (Wildman–Crippen LogP) is 4.83. The molecule has 0 radical (unpaired) electrons. The first kappa shape index (κ1) is 23.0. The second-order valence-electron chi connectivity index (χ2n) is 8.22. The summed E-state index contributed by atoms with van der Waals surface area (Å²) < 4.78 is 7.07. The van der Waals surface area contributed by atoms with Crippen molar-refractivity contribution < 1.29 is 9.53 Å². The molecule has 0 saturated heterocycles. The third-order valence-corrected chi connectivity index (χ3v) is 5.79. The molecule has 2 heterocycles. The van der Waals surface area contributed by atoms with Crippen molar-refractivity contribution in [3.8, 4) is 11.6 Å². The summed E-state index contributed by atoms with van der Waals surface area (Å²) in [6.07, 6.45) is 0.293. The molecule has 0 atom stereocenters. The topological polar surface area (TPSA) is 94.0 Å². The molecular formula is C26H28N6O2. The van der Waals surface area contributed by atoms with Gasteiger partial charge in [-0.25, -0.2) is 4.68 Å². The molecule has 8 heteroatoms. The Morgan fingerprint density at radius 2 is 1.68 bits per heavy atom. The Balaban J connectivity index is 1.35. The maximum Gasteiger partial charge on any atom is 0.228 e. The minimum Gasteiger partial charge on any atom is -0.496 e. The number of rotatable bonds is 7. The Morgan fingerprint density at radius 1 is 0.941 bits per heavy atom. The van der Waals surface area contributed by atoms with Crippen LogP contribution in [0.2, 0.25) is 0 Å². The van der Waals surface area contributed by atoms with Crippen molar-refractivity contribution >= 4 is 23.1 Å². The van der Waals surface area contributed by atoms with E-state index < -0.39 is 0 Å². The average molecular weight is 457 g/mol. The van der Waals surface area contributed by atoms with Crippen molar-refractivity contribution in [3.05, 3.63) is 82.7 Å². The van der Waals surface area contributed by atoms with Gasteiger partial charge in [0.2, 0.25) is 5.91 Å². The molecule has 0 fully saturated rings. The van der Waals surface area contributed by atoms with Crippen molar-refractivity contribution in [2.75, 3.05) is 17.7 Å². The second-order valence-corrected chi connectivity index (χ2v) is 8.22. The van der Waals surface area contributed by atoms with Crippen LogP contribution in [0.5, 0.6) is 5.75 Å². The van der Waals surface area contributed by atoms with Gasteiger partial charge >= 0.3 is 0 Å². The Hall–Kier alpha value is -4.20. The number of aryl methyl sites for hydroxylation is 2. The van der Waals surface area contributed by atoms with Crippen LogP contribution in [-0.4, -0.2) is 33.0 Å². The lowest BCUT2D eigenvalue weighted by atomic mass is 10.1. The molecule has 0 spiro atoms. The van der Waals surface area contributed by atoms with Crippen LogP contribution in [0.15, 0.2) is 54.6 Å². The van der Waals surface area contributed by atoms with Gasteiger partial charge in [-0.2, -0.15) is 5.10 Å². The zero-order chi connectivity index (χ0) is 24.2. The number of hydrogen-bond donors (Lipinski definition) is 2. The van der Waals surface area contributed by atoms with Crippen molar-refractivity contribution in [3.63, 3.8) is 0 Å². The minimum absolute atomic E-state index is 0.0777. The van der Waals surface area contributed by atoms with Crippen LogP contribution >= 0.6 is 0 Å². The maximum absolute atomic E-state index is 12.4. The van der Waals surface area contributed by atoms with Gasteiger partial charge in [0.05, 0.1) is 19.2 Å². The molecule has 0 unspecified atom stereocenters. The SMILES string of the molecule is COc1ccc(CC(=O)Nc2ccc(Nc3ccc(-n4nc(C)c(C)c4C)nn3)cc2)cc1C. The molecule has 34 heavy (non-hydrogen) atoms. The van der Waals surface area contributed by atoms with Crippen LogP contribution in [0.25, 0.3) is 5.82 Å². The monoisotopic (exact) mass is 456 g/mol. The highest BCUT2D eigenvalue weighted by atomic mass is 16.5.